The summed E-state index contributed by atoms with van der Waals surface area (Å²) in [5.41, 5.74) is 0.0431. The molecule has 3 aliphatic rings. The van der Waals surface area contributed by atoms with Crippen LogP contribution in [0, 0.1) is 5.92 Å². The average molecular weight is 282 g/mol. The predicted molar refractivity (Wildman–Crippen MR) is 80.0 cm³/mol. The van der Waals surface area contributed by atoms with Crippen molar-refractivity contribution >= 4 is 0 Å². The van der Waals surface area contributed by atoms with Crippen molar-refractivity contribution in [1.29, 1.82) is 0 Å². The molecule has 0 aromatic rings. The van der Waals surface area contributed by atoms with E-state index >= 15 is 0 Å². The lowest BCUT2D eigenvalue weighted by Crippen LogP contribution is -2.49. The van der Waals surface area contributed by atoms with Crippen LogP contribution >= 0.6 is 0 Å². The van der Waals surface area contributed by atoms with Crippen molar-refractivity contribution in [2.75, 3.05) is 46.0 Å². The maximum absolute atomic E-state index is 6.01. The van der Waals surface area contributed by atoms with Gasteiger partial charge in [-0.15, -0.1) is 0 Å². The molecular formula is C16H30N2O2. The lowest BCUT2D eigenvalue weighted by molar-refractivity contribution is -0.0896. The zero-order valence-corrected chi connectivity index (χ0v) is 12.9. The van der Waals surface area contributed by atoms with Gasteiger partial charge in [-0.2, -0.15) is 0 Å². The highest BCUT2D eigenvalue weighted by atomic mass is 16.6. The summed E-state index contributed by atoms with van der Waals surface area (Å²) in [6, 6.07) is 0.634. The second-order valence-corrected chi connectivity index (χ2v) is 6.81. The van der Waals surface area contributed by atoms with Crippen LogP contribution in [0.25, 0.3) is 0 Å². The molecule has 2 atom stereocenters. The molecule has 116 valence electrons. The van der Waals surface area contributed by atoms with Crippen molar-refractivity contribution < 1.29 is 9.47 Å². The molecular weight excluding hydrogens is 252 g/mol. The Bertz CT molecular complexity index is 297. The van der Waals surface area contributed by atoms with E-state index in [1.54, 1.807) is 0 Å². The molecule has 0 saturated carbocycles. The third kappa shape index (κ3) is 3.53. The van der Waals surface area contributed by atoms with Gasteiger partial charge in [0, 0.05) is 25.7 Å². The number of likely N-dealkylation sites (tertiary alicyclic amines) is 1. The van der Waals surface area contributed by atoms with Crippen molar-refractivity contribution in [3.63, 3.8) is 0 Å². The van der Waals surface area contributed by atoms with Gasteiger partial charge < -0.3 is 19.7 Å². The van der Waals surface area contributed by atoms with Gasteiger partial charge in [-0.1, -0.05) is 6.92 Å². The summed E-state index contributed by atoms with van der Waals surface area (Å²) in [6.45, 7) is 9.83. The topological polar surface area (TPSA) is 33.7 Å². The van der Waals surface area contributed by atoms with Crippen LogP contribution in [0.4, 0.5) is 0 Å². The van der Waals surface area contributed by atoms with Crippen molar-refractivity contribution in [2.24, 2.45) is 5.92 Å². The van der Waals surface area contributed by atoms with E-state index in [0.717, 1.165) is 45.0 Å². The van der Waals surface area contributed by atoms with Crippen LogP contribution < -0.4 is 5.32 Å². The lowest BCUT2D eigenvalue weighted by atomic mass is 9.89. The van der Waals surface area contributed by atoms with E-state index in [4.69, 9.17) is 9.47 Å². The first kappa shape index (κ1) is 14.8. The zero-order valence-electron chi connectivity index (χ0n) is 12.9. The SMILES string of the molecule is CCN1CCC(CNC2CCOC3(CCOC3)C2)CC1. The van der Waals surface area contributed by atoms with Gasteiger partial charge >= 0.3 is 0 Å². The second kappa shape index (κ2) is 6.73. The van der Waals surface area contributed by atoms with Crippen molar-refractivity contribution in [2.45, 2.75) is 50.7 Å². The molecule has 0 amide bonds. The van der Waals surface area contributed by atoms with E-state index in [9.17, 15) is 0 Å². The first-order valence-corrected chi connectivity index (χ1v) is 8.47. The van der Waals surface area contributed by atoms with Crippen LogP contribution in [0.2, 0.25) is 0 Å². The van der Waals surface area contributed by atoms with Crippen LogP contribution in [0.3, 0.4) is 0 Å². The van der Waals surface area contributed by atoms with E-state index < -0.39 is 0 Å². The van der Waals surface area contributed by atoms with Gasteiger partial charge in [-0.25, -0.2) is 0 Å². The Labute approximate surface area is 123 Å². The smallest absolute Gasteiger partial charge is 0.0951 e. The minimum Gasteiger partial charge on any atom is -0.378 e. The molecule has 1 N–H and O–H groups in total. The number of nitrogens with one attached hydrogen (secondary N) is 1. The first-order chi connectivity index (χ1) is 9.80. The Kier molecular flexibility index (Phi) is 4.97. The van der Waals surface area contributed by atoms with Gasteiger partial charge in [0.25, 0.3) is 0 Å². The van der Waals surface area contributed by atoms with Gasteiger partial charge in [0.2, 0.25) is 0 Å². The molecule has 2 unspecified atom stereocenters. The summed E-state index contributed by atoms with van der Waals surface area (Å²) in [4.78, 5) is 2.57. The number of nitrogens with zero attached hydrogens (tertiary/aromatic N) is 1. The monoisotopic (exact) mass is 282 g/mol. The Morgan fingerprint density at radius 2 is 2.05 bits per heavy atom. The lowest BCUT2D eigenvalue weighted by Gasteiger charge is -2.38. The molecule has 0 bridgehead atoms. The quantitative estimate of drug-likeness (QED) is 0.850. The highest BCUT2D eigenvalue weighted by Gasteiger charge is 2.40. The van der Waals surface area contributed by atoms with Gasteiger partial charge in [0.15, 0.2) is 0 Å². The summed E-state index contributed by atoms with van der Waals surface area (Å²) in [5, 5.41) is 3.82. The van der Waals surface area contributed by atoms with Gasteiger partial charge in [-0.05, 0) is 57.8 Å². The molecule has 1 spiro atoms. The van der Waals surface area contributed by atoms with Gasteiger partial charge in [-0.3, -0.25) is 0 Å². The van der Waals surface area contributed by atoms with Crippen LogP contribution in [0.15, 0.2) is 0 Å². The molecule has 3 aliphatic heterocycles. The molecule has 4 heteroatoms. The first-order valence-electron chi connectivity index (χ1n) is 8.47. The van der Waals surface area contributed by atoms with Crippen LogP contribution in [-0.4, -0.2) is 62.5 Å². The van der Waals surface area contributed by atoms with Gasteiger partial charge in [0.05, 0.1) is 12.2 Å². The summed E-state index contributed by atoms with van der Waals surface area (Å²) in [5.74, 6) is 0.872. The fraction of sp³-hybridized carbons (Fsp3) is 1.00. The standard InChI is InChI=1S/C16H30N2O2/c1-2-18-7-3-14(4-8-18)12-17-15-5-9-20-16(11-15)6-10-19-13-16/h14-15,17H,2-13H2,1H3. The summed E-state index contributed by atoms with van der Waals surface area (Å²) in [6.07, 6.45) is 6.10. The zero-order chi connectivity index (χ0) is 13.8. The Hall–Kier alpha value is -0.160. The van der Waals surface area contributed by atoms with E-state index in [2.05, 4.69) is 17.1 Å². The Morgan fingerprint density at radius 3 is 2.75 bits per heavy atom. The van der Waals surface area contributed by atoms with E-state index in [1.165, 1.54) is 39.0 Å². The molecule has 0 aromatic carbocycles. The summed E-state index contributed by atoms with van der Waals surface area (Å²) < 4.78 is 11.6. The van der Waals surface area contributed by atoms with Crippen molar-refractivity contribution in [3.05, 3.63) is 0 Å². The maximum atomic E-state index is 6.01. The van der Waals surface area contributed by atoms with E-state index in [-0.39, 0.29) is 5.60 Å². The molecule has 3 fully saturated rings. The highest BCUT2D eigenvalue weighted by molar-refractivity contribution is 4.93. The van der Waals surface area contributed by atoms with Crippen LogP contribution in [0.1, 0.15) is 39.0 Å². The molecule has 3 saturated heterocycles. The Morgan fingerprint density at radius 1 is 1.20 bits per heavy atom. The fourth-order valence-electron chi connectivity index (χ4n) is 3.91. The third-order valence-corrected chi connectivity index (χ3v) is 5.41. The molecule has 0 radical (unpaired) electrons. The largest absolute Gasteiger partial charge is 0.378 e. The number of hydrogen-bond acceptors (Lipinski definition) is 4. The molecule has 3 rings (SSSR count). The number of ether oxygens (including phenoxy) is 2. The highest BCUT2D eigenvalue weighted by Crippen LogP contribution is 2.33. The number of hydrogen-bond donors (Lipinski definition) is 1. The average Bonchev–Trinajstić information content (AvgIpc) is 2.93. The molecule has 0 aliphatic carbocycles. The minimum atomic E-state index is 0.0431. The van der Waals surface area contributed by atoms with Crippen LogP contribution in [0.5, 0.6) is 0 Å². The predicted octanol–water partition coefficient (Wildman–Crippen LogP) is 1.65. The molecule has 3 heterocycles. The minimum absolute atomic E-state index is 0.0431. The van der Waals surface area contributed by atoms with Crippen LogP contribution in [-0.2, 0) is 9.47 Å². The molecule has 20 heavy (non-hydrogen) atoms. The Balaban J connectivity index is 1.40. The number of piperidine rings is 1. The van der Waals surface area contributed by atoms with Gasteiger partial charge in [0.1, 0.15) is 0 Å². The molecule has 0 aromatic heterocycles. The second-order valence-electron chi connectivity index (χ2n) is 6.81. The fourth-order valence-corrected chi connectivity index (χ4v) is 3.91. The normalized spacial score (nSPS) is 36.8. The summed E-state index contributed by atoms with van der Waals surface area (Å²) in [7, 11) is 0. The van der Waals surface area contributed by atoms with Crippen molar-refractivity contribution in [1.82, 2.24) is 10.2 Å². The van der Waals surface area contributed by atoms with E-state index in [1.807, 2.05) is 0 Å². The third-order valence-electron chi connectivity index (χ3n) is 5.41. The van der Waals surface area contributed by atoms with E-state index in [0.29, 0.717) is 6.04 Å². The summed E-state index contributed by atoms with van der Waals surface area (Å²) >= 11 is 0. The maximum Gasteiger partial charge on any atom is 0.0951 e. The molecule has 4 nitrogen and oxygen atoms in total. The van der Waals surface area contributed by atoms with Crippen molar-refractivity contribution in [3.8, 4) is 0 Å². The number of rotatable bonds is 4.